The zero-order valence-corrected chi connectivity index (χ0v) is 10.7. The number of β-amino-alcohol motifs (C(OH)–C–C–N with tert-alkyl or cyclic N) is 1. The van der Waals surface area contributed by atoms with Gasteiger partial charge in [0.1, 0.15) is 0 Å². The molecule has 0 aliphatic carbocycles. The number of thiophene rings is 1. The molecule has 0 aromatic carbocycles. The van der Waals surface area contributed by atoms with Gasteiger partial charge in [0, 0.05) is 24.5 Å². The smallest absolute Gasteiger partial charge is 0.0900 e. The fraction of sp³-hybridized carbons (Fsp3) is 0.667. The summed E-state index contributed by atoms with van der Waals surface area (Å²) < 4.78 is 10.7. The maximum absolute atomic E-state index is 9.83. The van der Waals surface area contributed by atoms with Crippen LogP contribution in [0.3, 0.4) is 0 Å². The number of aliphatic hydroxyl groups excluding tert-OH is 1. The minimum absolute atomic E-state index is 0.398. The highest BCUT2D eigenvalue weighted by molar-refractivity contribution is 7.09. The number of aliphatic hydroxyl groups is 1. The Morgan fingerprint density at radius 3 is 3.00 bits per heavy atom. The lowest BCUT2D eigenvalue weighted by atomic mass is 10.3. The Morgan fingerprint density at radius 1 is 1.47 bits per heavy atom. The molecule has 1 atom stereocenters. The van der Waals surface area contributed by atoms with Gasteiger partial charge < -0.3 is 14.6 Å². The van der Waals surface area contributed by atoms with Crippen LogP contribution < -0.4 is 0 Å². The Morgan fingerprint density at radius 2 is 2.29 bits per heavy atom. The number of ether oxygens (including phenoxy) is 2. The van der Waals surface area contributed by atoms with E-state index in [1.807, 2.05) is 17.5 Å². The summed E-state index contributed by atoms with van der Waals surface area (Å²) in [5.74, 6) is 0. The molecule has 5 heteroatoms. The number of hydrogen-bond donors (Lipinski definition) is 1. The van der Waals surface area contributed by atoms with Crippen LogP contribution in [0.5, 0.6) is 0 Å². The molecule has 0 spiro atoms. The van der Waals surface area contributed by atoms with E-state index in [1.54, 1.807) is 11.3 Å². The van der Waals surface area contributed by atoms with Crippen molar-refractivity contribution in [2.24, 2.45) is 0 Å². The predicted molar refractivity (Wildman–Crippen MR) is 67.2 cm³/mol. The second-order valence-corrected chi connectivity index (χ2v) is 5.19. The van der Waals surface area contributed by atoms with Gasteiger partial charge in [-0.15, -0.1) is 11.3 Å². The molecule has 1 aromatic heterocycles. The van der Waals surface area contributed by atoms with E-state index in [0.29, 0.717) is 19.8 Å². The second-order valence-electron chi connectivity index (χ2n) is 4.16. The minimum atomic E-state index is -0.409. The van der Waals surface area contributed by atoms with Gasteiger partial charge in [-0.1, -0.05) is 6.07 Å². The van der Waals surface area contributed by atoms with Crippen LogP contribution in [0.2, 0.25) is 0 Å². The van der Waals surface area contributed by atoms with Crippen molar-refractivity contribution in [3.63, 3.8) is 0 Å². The van der Waals surface area contributed by atoms with Crippen molar-refractivity contribution < 1.29 is 14.6 Å². The van der Waals surface area contributed by atoms with Crippen molar-refractivity contribution in [3.05, 3.63) is 22.4 Å². The first kappa shape index (κ1) is 13.0. The molecule has 0 amide bonds. The van der Waals surface area contributed by atoms with Gasteiger partial charge in [-0.05, 0) is 11.4 Å². The molecule has 1 aromatic rings. The first-order valence-corrected chi connectivity index (χ1v) is 6.81. The Balaban J connectivity index is 1.58. The first-order valence-electron chi connectivity index (χ1n) is 5.93. The largest absolute Gasteiger partial charge is 0.389 e. The lowest BCUT2D eigenvalue weighted by Gasteiger charge is -2.28. The van der Waals surface area contributed by atoms with Gasteiger partial charge in [-0.25, -0.2) is 0 Å². The van der Waals surface area contributed by atoms with E-state index >= 15 is 0 Å². The standard InChI is InChI=1S/C12H19NO3S/c14-11(8-13-3-5-15-6-4-13)9-16-10-12-2-1-7-17-12/h1-2,7,11,14H,3-6,8-10H2/t11-/m0/s1. The number of nitrogens with zero attached hydrogens (tertiary/aromatic N) is 1. The van der Waals surface area contributed by atoms with Crippen LogP contribution in [0, 0.1) is 0 Å². The van der Waals surface area contributed by atoms with Crippen molar-refractivity contribution in [1.29, 1.82) is 0 Å². The van der Waals surface area contributed by atoms with Crippen molar-refractivity contribution in [3.8, 4) is 0 Å². The van der Waals surface area contributed by atoms with Gasteiger partial charge in [-0.3, -0.25) is 4.90 Å². The summed E-state index contributed by atoms with van der Waals surface area (Å²) in [6, 6.07) is 4.05. The summed E-state index contributed by atoms with van der Waals surface area (Å²) in [5.41, 5.74) is 0. The lowest BCUT2D eigenvalue weighted by molar-refractivity contribution is -0.0171. The van der Waals surface area contributed by atoms with Crippen molar-refractivity contribution >= 4 is 11.3 Å². The maximum Gasteiger partial charge on any atom is 0.0900 e. The summed E-state index contributed by atoms with van der Waals surface area (Å²) >= 11 is 1.68. The number of hydrogen-bond acceptors (Lipinski definition) is 5. The van der Waals surface area contributed by atoms with Crippen LogP contribution in [-0.4, -0.2) is 55.6 Å². The molecule has 1 N–H and O–H groups in total. The Kier molecular flexibility index (Phi) is 5.41. The molecule has 1 aliphatic heterocycles. The Labute approximate surface area is 106 Å². The molecular weight excluding hydrogens is 238 g/mol. The highest BCUT2D eigenvalue weighted by atomic mass is 32.1. The zero-order chi connectivity index (χ0) is 11.9. The molecule has 0 bridgehead atoms. The second kappa shape index (κ2) is 7.08. The molecule has 96 valence electrons. The van der Waals surface area contributed by atoms with Crippen molar-refractivity contribution in [2.45, 2.75) is 12.7 Å². The molecule has 2 heterocycles. The average molecular weight is 257 g/mol. The van der Waals surface area contributed by atoms with Crippen LogP contribution in [-0.2, 0) is 16.1 Å². The SMILES string of the molecule is O[C@H](COCc1cccs1)CN1CCOCC1. The Hall–Kier alpha value is -0.460. The van der Waals surface area contributed by atoms with Gasteiger partial charge in [0.15, 0.2) is 0 Å². The predicted octanol–water partition coefficient (Wildman–Crippen LogP) is 0.958. The zero-order valence-electron chi connectivity index (χ0n) is 9.88. The average Bonchev–Trinajstić information content (AvgIpc) is 2.83. The summed E-state index contributed by atoms with van der Waals surface area (Å²) in [4.78, 5) is 3.41. The molecule has 17 heavy (non-hydrogen) atoms. The van der Waals surface area contributed by atoms with E-state index in [-0.39, 0.29) is 0 Å². The summed E-state index contributed by atoms with van der Waals surface area (Å²) in [7, 11) is 0. The minimum Gasteiger partial charge on any atom is -0.389 e. The third-order valence-electron chi connectivity index (χ3n) is 2.71. The molecule has 0 radical (unpaired) electrons. The van der Waals surface area contributed by atoms with E-state index in [9.17, 15) is 5.11 Å². The van der Waals surface area contributed by atoms with Crippen LogP contribution >= 0.6 is 11.3 Å². The molecule has 4 nitrogen and oxygen atoms in total. The van der Waals surface area contributed by atoms with Gasteiger partial charge in [0.05, 0.1) is 32.5 Å². The normalized spacial score (nSPS) is 19.4. The van der Waals surface area contributed by atoms with E-state index in [0.717, 1.165) is 26.3 Å². The highest BCUT2D eigenvalue weighted by Crippen LogP contribution is 2.09. The molecule has 1 saturated heterocycles. The third kappa shape index (κ3) is 4.73. The summed E-state index contributed by atoms with van der Waals surface area (Å²) in [6.07, 6.45) is -0.409. The first-order chi connectivity index (χ1) is 8.34. The molecule has 0 unspecified atom stereocenters. The topological polar surface area (TPSA) is 41.9 Å². The van der Waals surface area contributed by atoms with Crippen LogP contribution in [0.25, 0.3) is 0 Å². The molecular formula is C12H19NO3S. The number of morpholine rings is 1. The van der Waals surface area contributed by atoms with E-state index in [4.69, 9.17) is 9.47 Å². The van der Waals surface area contributed by atoms with Crippen LogP contribution in [0.4, 0.5) is 0 Å². The molecule has 1 fully saturated rings. The number of rotatable bonds is 6. The van der Waals surface area contributed by atoms with Gasteiger partial charge >= 0.3 is 0 Å². The third-order valence-corrected chi connectivity index (χ3v) is 3.56. The van der Waals surface area contributed by atoms with Gasteiger partial charge in [0.25, 0.3) is 0 Å². The summed E-state index contributed by atoms with van der Waals surface area (Å²) in [6.45, 7) is 5.01. The van der Waals surface area contributed by atoms with Crippen molar-refractivity contribution in [1.82, 2.24) is 4.90 Å². The fourth-order valence-electron chi connectivity index (χ4n) is 1.82. The van der Waals surface area contributed by atoms with E-state index in [2.05, 4.69) is 4.90 Å². The quantitative estimate of drug-likeness (QED) is 0.824. The monoisotopic (exact) mass is 257 g/mol. The molecule has 2 rings (SSSR count). The van der Waals surface area contributed by atoms with Crippen molar-refractivity contribution in [2.75, 3.05) is 39.5 Å². The maximum atomic E-state index is 9.83. The Bertz CT molecular complexity index is 299. The van der Waals surface area contributed by atoms with Gasteiger partial charge in [-0.2, -0.15) is 0 Å². The van der Waals surface area contributed by atoms with E-state index < -0.39 is 6.10 Å². The summed E-state index contributed by atoms with van der Waals surface area (Å²) in [5, 5.41) is 11.9. The van der Waals surface area contributed by atoms with Crippen LogP contribution in [0.15, 0.2) is 17.5 Å². The lowest BCUT2D eigenvalue weighted by Crippen LogP contribution is -2.42. The van der Waals surface area contributed by atoms with Gasteiger partial charge in [0.2, 0.25) is 0 Å². The highest BCUT2D eigenvalue weighted by Gasteiger charge is 2.14. The molecule has 1 aliphatic rings. The fourth-order valence-corrected chi connectivity index (χ4v) is 2.47. The van der Waals surface area contributed by atoms with E-state index in [1.165, 1.54) is 4.88 Å². The molecule has 0 saturated carbocycles. The van der Waals surface area contributed by atoms with Crippen LogP contribution in [0.1, 0.15) is 4.88 Å².